The lowest BCUT2D eigenvalue weighted by Crippen LogP contribution is -2.68. The van der Waals surface area contributed by atoms with Gasteiger partial charge in [0.05, 0.1) is 9.27 Å². The summed E-state index contributed by atoms with van der Waals surface area (Å²) in [6.07, 6.45) is 6.10. The lowest BCUT2D eigenvalue weighted by molar-refractivity contribution is -2.00. The second-order valence-corrected chi connectivity index (χ2v) is 7.38. The van der Waals surface area contributed by atoms with Crippen molar-refractivity contribution in [2.24, 2.45) is 0 Å². The molecule has 18 heavy (non-hydrogen) atoms. The van der Waals surface area contributed by atoms with E-state index in [1.807, 2.05) is 37.2 Å². The Bertz CT molecular complexity index is 369. The molecule has 1 rings (SSSR count). The SMILES string of the molecule is CSC1=C(Cl)/C(=C/C=[N+](C)C)SS1.[O-][Cl+3]([O-])([O-])[O-]. The third kappa shape index (κ3) is 9.54. The van der Waals surface area contributed by atoms with Gasteiger partial charge in [0.1, 0.15) is 14.1 Å². The van der Waals surface area contributed by atoms with E-state index in [0.717, 1.165) is 9.94 Å². The monoisotopic (exact) mass is 351 g/mol. The van der Waals surface area contributed by atoms with Crippen molar-refractivity contribution in [1.82, 2.24) is 0 Å². The molecule has 0 aromatic carbocycles. The first-order chi connectivity index (χ1) is 8.15. The molecule has 0 aromatic heterocycles. The van der Waals surface area contributed by atoms with Crippen LogP contribution in [0, 0.1) is 10.2 Å². The van der Waals surface area contributed by atoms with Crippen LogP contribution in [0.15, 0.2) is 20.3 Å². The molecular weight excluding hydrogens is 341 g/mol. The number of halogens is 2. The Hall–Kier alpha value is 0.620. The minimum Gasteiger partial charge on any atom is -0.241 e. The van der Waals surface area contributed by atoms with Gasteiger partial charge in [-0.3, -0.25) is 0 Å². The molecular formula is C8H11Cl2NO4S3. The zero-order valence-corrected chi connectivity index (χ0v) is 13.7. The Kier molecular flexibility index (Phi) is 9.02. The fourth-order valence-corrected chi connectivity index (χ4v) is 4.91. The first-order valence-corrected chi connectivity index (χ1v) is 9.26. The molecule has 0 spiro atoms. The molecule has 1 heterocycles. The smallest absolute Gasteiger partial charge is 0.164 e. The lowest BCUT2D eigenvalue weighted by atomic mass is 10.5. The zero-order chi connectivity index (χ0) is 14.3. The summed E-state index contributed by atoms with van der Waals surface area (Å²) in [7, 11) is 2.50. The van der Waals surface area contributed by atoms with E-state index in [9.17, 15) is 0 Å². The van der Waals surface area contributed by atoms with Gasteiger partial charge >= 0.3 is 0 Å². The van der Waals surface area contributed by atoms with Gasteiger partial charge in [0, 0.05) is 11.0 Å². The summed E-state index contributed by atoms with van der Waals surface area (Å²) in [5.74, 6) is 0. The lowest BCUT2D eigenvalue weighted by Gasteiger charge is -2.17. The number of allylic oxidation sites excluding steroid dienone is 2. The molecule has 0 radical (unpaired) electrons. The van der Waals surface area contributed by atoms with Crippen molar-refractivity contribution in [2.75, 3.05) is 20.4 Å². The summed E-state index contributed by atoms with van der Waals surface area (Å²) in [4.78, 5) is 1.14. The highest BCUT2D eigenvalue weighted by atomic mass is 35.7. The molecule has 1 aliphatic rings. The maximum atomic E-state index is 8.49. The van der Waals surface area contributed by atoms with Crippen LogP contribution in [-0.4, -0.2) is 31.1 Å². The maximum Gasteiger partial charge on any atom is 0.164 e. The van der Waals surface area contributed by atoms with E-state index in [0.29, 0.717) is 0 Å². The van der Waals surface area contributed by atoms with Crippen molar-refractivity contribution in [1.29, 1.82) is 0 Å². The normalized spacial score (nSPS) is 17.7. The van der Waals surface area contributed by atoms with E-state index >= 15 is 0 Å². The fourth-order valence-electron chi connectivity index (χ4n) is 0.698. The minimum absolute atomic E-state index is 0.889. The standard InChI is InChI=1S/C8H11ClNS3.ClHO4/c1-10(2)5-4-6-7(9)8(11-3)13-12-6;2-1(3,4)5/h4-5H,1-3H3;(H,2,3,4,5)/q+1;/p-1/b6-4-;. The van der Waals surface area contributed by atoms with Crippen LogP contribution in [0.5, 0.6) is 0 Å². The maximum absolute atomic E-state index is 8.49. The van der Waals surface area contributed by atoms with Gasteiger partial charge in [0.25, 0.3) is 0 Å². The van der Waals surface area contributed by atoms with Crippen molar-refractivity contribution < 1.29 is 33.5 Å². The highest BCUT2D eigenvalue weighted by Gasteiger charge is 2.19. The molecule has 5 nitrogen and oxygen atoms in total. The summed E-state index contributed by atoms with van der Waals surface area (Å²) >= 11 is 7.84. The molecule has 0 saturated heterocycles. The summed E-state index contributed by atoms with van der Waals surface area (Å²) in [6, 6.07) is 0. The molecule has 0 fully saturated rings. The molecule has 0 amide bonds. The molecule has 0 bridgehead atoms. The number of nitrogens with zero attached hydrogens (tertiary/aromatic N) is 1. The highest BCUT2D eigenvalue weighted by Crippen LogP contribution is 2.54. The van der Waals surface area contributed by atoms with Gasteiger partial charge in [-0.1, -0.05) is 22.4 Å². The molecule has 0 N–H and O–H groups in total. The van der Waals surface area contributed by atoms with Gasteiger partial charge in [-0.2, -0.15) is 0 Å². The van der Waals surface area contributed by atoms with E-state index in [4.69, 9.17) is 30.2 Å². The molecule has 0 aromatic rings. The van der Waals surface area contributed by atoms with Crippen LogP contribution in [0.25, 0.3) is 0 Å². The van der Waals surface area contributed by atoms with E-state index < -0.39 is 10.2 Å². The molecule has 104 valence electrons. The molecule has 1 aliphatic heterocycles. The molecule has 0 unspecified atom stereocenters. The van der Waals surface area contributed by atoms with Crippen LogP contribution in [0.3, 0.4) is 0 Å². The summed E-state index contributed by atoms with van der Waals surface area (Å²) in [6.45, 7) is 0. The van der Waals surface area contributed by atoms with Crippen LogP contribution in [0.4, 0.5) is 0 Å². The van der Waals surface area contributed by atoms with Crippen LogP contribution >= 0.6 is 45.0 Å². The van der Waals surface area contributed by atoms with Crippen molar-refractivity contribution in [3.8, 4) is 0 Å². The number of hydrogen-bond acceptors (Lipinski definition) is 7. The first kappa shape index (κ1) is 18.6. The summed E-state index contributed by atoms with van der Waals surface area (Å²) in [5.41, 5.74) is 0. The largest absolute Gasteiger partial charge is 0.241 e. The highest BCUT2D eigenvalue weighted by molar-refractivity contribution is 8.82. The Balaban J connectivity index is 0.000000494. The molecule has 0 atom stereocenters. The number of thioether (sulfide) groups is 1. The first-order valence-electron chi connectivity index (χ1n) is 4.27. The van der Waals surface area contributed by atoms with Gasteiger partial charge in [-0.25, -0.2) is 23.2 Å². The summed E-state index contributed by atoms with van der Waals surface area (Å²) < 4.78 is 37.2. The zero-order valence-electron chi connectivity index (χ0n) is 9.72. The van der Waals surface area contributed by atoms with E-state index in [2.05, 4.69) is 0 Å². The Morgan fingerprint density at radius 2 is 1.72 bits per heavy atom. The predicted octanol–water partition coefficient (Wildman–Crippen LogP) is -1.38. The Morgan fingerprint density at radius 3 is 2.06 bits per heavy atom. The van der Waals surface area contributed by atoms with Crippen molar-refractivity contribution in [3.63, 3.8) is 0 Å². The van der Waals surface area contributed by atoms with E-state index in [-0.39, 0.29) is 0 Å². The second-order valence-electron chi connectivity index (χ2n) is 2.99. The van der Waals surface area contributed by atoms with E-state index in [1.165, 1.54) is 4.24 Å². The van der Waals surface area contributed by atoms with Gasteiger partial charge in [0.2, 0.25) is 0 Å². The van der Waals surface area contributed by atoms with Gasteiger partial charge in [-0.15, -0.1) is 22.0 Å². The predicted molar refractivity (Wildman–Crippen MR) is 67.8 cm³/mol. The minimum atomic E-state index is -4.94. The van der Waals surface area contributed by atoms with Crippen LogP contribution in [0.1, 0.15) is 0 Å². The van der Waals surface area contributed by atoms with Gasteiger partial charge in [-0.05, 0) is 17.0 Å². The average Bonchev–Trinajstić information content (AvgIpc) is 2.53. The van der Waals surface area contributed by atoms with Gasteiger partial charge in [0.15, 0.2) is 6.21 Å². The fraction of sp³-hybridized carbons (Fsp3) is 0.375. The van der Waals surface area contributed by atoms with Crippen molar-refractivity contribution in [2.45, 2.75) is 0 Å². The second kappa shape index (κ2) is 8.72. The van der Waals surface area contributed by atoms with Crippen LogP contribution in [-0.2, 0) is 0 Å². The van der Waals surface area contributed by atoms with Crippen molar-refractivity contribution >= 4 is 51.2 Å². The van der Waals surface area contributed by atoms with Crippen LogP contribution in [0.2, 0.25) is 0 Å². The quantitative estimate of drug-likeness (QED) is 0.343. The Labute approximate surface area is 125 Å². The van der Waals surface area contributed by atoms with Gasteiger partial charge < -0.3 is 0 Å². The average molecular weight is 352 g/mol. The number of rotatable bonds is 2. The molecule has 0 aliphatic carbocycles. The van der Waals surface area contributed by atoms with E-state index in [1.54, 1.807) is 33.3 Å². The van der Waals surface area contributed by atoms with Crippen LogP contribution < -0.4 is 18.6 Å². The third-order valence-electron chi connectivity index (χ3n) is 1.31. The molecule has 0 saturated carbocycles. The number of hydrogen-bond donors (Lipinski definition) is 0. The Morgan fingerprint density at radius 1 is 1.22 bits per heavy atom. The third-order valence-corrected chi connectivity index (χ3v) is 5.93. The van der Waals surface area contributed by atoms with Crippen molar-refractivity contribution in [3.05, 3.63) is 20.3 Å². The molecule has 10 heteroatoms. The topological polar surface area (TPSA) is 95.2 Å². The summed E-state index contributed by atoms with van der Waals surface area (Å²) in [5, 5.41) is 0.889.